The molecule has 68 valence electrons. The van der Waals surface area contributed by atoms with Gasteiger partial charge in [-0.2, -0.15) is 0 Å². The van der Waals surface area contributed by atoms with Gasteiger partial charge in [-0.05, 0) is 18.2 Å². The number of fused-ring (bicyclic) bond motifs is 1. The SMILES string of the molecule is Cl.Nc1ccc(N)c2cnccc12. The van der Waals surface area contributed by atoms with Gasteiger partial charge in [-0.3, -0.25) is 4.98 Å². The van der Waals surface area contributed by atoms with E-state index in [0.29, 0.717) is 5.69 Å². The second kappa shape index (κ2) is 3.49. The van der Waals surface area contributed by atoms with Crippen LogP contribution < -0.4 is 11.5 Å². The molecule has 0 bridgehead atoms. The summed E-state index contributed by atoms with van der Waals surface area (Å²) in [5, 5.41) is 1.88. The number of benzene rings is 1. The fourth-order valence-electron chi connectivity index (χ4n) is 1.24. The van der Waals surface area contributed by atoms with E-state index in [0.717, 1.165) is 16.5 Å². The zero-order chi connectivity index (χ0) is 8.55. The van der Waals surface area contributed by atoms with Gasteiger partial charge >= 0.3 is 0 Å². The predicted molar refractivity (Wildman–Crippen MR) is 57.8 cm³/mol. The molecule has 0 amide bonds. The third-order valence-electron chi connectivity index (χ3n) is 1.89. The zero-order valence-electron chi connectivity index (χ0n) is 6.90. The average molecular weight is 196 g/mol. The Hall–Kier alpha value is -1.48. The standard InChI is InChI=1S/C9H9N3.ClH/c10-8-1-2-9(11)7-5-12-4-3-6(7)8;/h1-5H,10-11H2;1H. The average Bonchev–Trinajstić information content (AvgIpc) is 2.12. The fourth-order valence-corrected chi connectivity index (χ4v) is 1.24. The Morgan fingerprint density at radius 1 is 0.923 bits per heavy atom. The summed E-state index contributed by atoms with van der Waals surface area (Å²) in [4.78, 5) is 3.98. The first-order chi connectivity index (χ1) is 5.79. The Morgan fingerprint density at radius 2 is 1.54 bits per heavy atom. The van der Waals surface area contributed by atoms with Gasteiger partial charge < -0.3 is 11.5 Å². The molecule has 0 aliphatic carbocycles. The van der Waals surface area contributed by atoms with Gasteiger partial charge in [-0.1, -0.05) is 0 Å². The van der Waals surface area contributed by atoms with Crippen LogP contribution in [0.4, 0.5) is 11.4 Å². The quantitative estimate of drug-likeness (QED) is 0.631. The van der Waals surface area contributed by atoms with Crippen LogP contribution in [0.5, 0.6) is 0 Å². The molecule has 0 aliphatic rings. The molecule has 1 aromatic carbocycles. The van der Waals surface area contributed by atoms with Crippen LogP contribution in [-0.4, -0.2) is 4.98 Å². The molecule has 2 aromatic rings. The fraction of sp³-hybridized carbons (Fsp3) is 0. The van der Waals surface area contributed by atoms with Crippen LogP contribution in [0.3, 0.4) is 0 Å². The highest BCUT2D eigenvalue weighted by Crippen LogP contribution is 2.24. The molecule has 0 fully saturated rings. The summed E-state index contributed by atoms with van der Waals surface area (Å²) in [6, 6.07) is 5.46. The molecule has 0 saturated heterocycles. The van der Waals surface area contributed by atoms with Crippen molar-refractivity contribution in [3.8, 4) is 0 Å². The molecule has 0 saturated carbocycles. The van der Waals surface area contributed by atoms with Gasteiger partial charge in [0.25, 0.3) is 0 Å². The first-order valence-corrected chi connectivity index (χ1v) is 3.67. The van der Waals surface area contributed by atoms with Crippen molar-refractivity contribution < 1.29 is 0 Å². The molecule has 0 radical (unpaired) electrons. The van der Waals surface area contributed by atoms with Gasteiger partial charge in [0.15, 0.2) is 0 Å². The summed E-state index contributed by atoms with van der Waals surface area (Å²) in [7, 11) is 0. The Balaban J connectivity index is 0.000000845. The topological polar surface area (TPSA) is 64.9 Å². The highest BCUT2D eigenvalue weighted by molar-refractivity contribution is 5.99. The molecular formula is C9H10ClN3. The smallest absolute Gasteiger partial charge is 0.0410 e. The van der Waals surface area contributed by atoms with Crippen molar-refractivity contribution in [1.82, 2.24) is 4.98 Å². The summed E-state index contributed by atoms with van der Waals surface area (Å²) in [6.07, 6.45) is 3.43. The first-order valence-electron chi connectivity index (χ1n) is 3.67. The van der Waals surface area contributed by atoms with Crippen LogP contribution >= 0.6 is 12.4 Å². The summed E-state index contributed by atoms with van der Waals surface area (Å²) in [5.41, 5.74) is 12.9. The molecule has 3 nitrogen and oxygen atoms in total. The summed E-state index contributed by atoms with van der Waals surface area (Å²) in [5.74, 6) is 0. The molecule has 4 heteroatoms. The number of aromatic nitrogens is 1. The van der Waals surface area contributed by atoms with Gasteiger partial charge in [-0.15, -0.1) is 12.4 Å². The Kier molecular flexibility index (Phi) is 2.58. The van der Waals surface area contributed by atoms with Crippen LogP contribution in [0.1, 0.15) is 0 Å². The molecule has 13 heavy (non-hydrogen) atoms. The van der Waals surface area contributed by atoms with Crippen LogP contribution in [0, 0.1) is 0 Å². The molecule has 4 N–H and O–H groups in total. The number of hydrogen-bond donors (Lipinski definition) is 2. The van der Waals surface area contributed by atoms with Crippen molar-refractivity contribution in [3.63, 3.8) is 0 Å². The normalized spacial score (nSPS) is 9.54. The van der Waals surface area contributed by atoms with E-state index in [4.69, 9.17) is 11.5 Å². The molecule has 0 atom stereocenters. The van der Waals surface area contributed by atoms with Crippen molar-refractivity contribution in [2.75, 3.05) is 11.5 Å². The Bertz CT molecular complexity index is 388. The number of nitrogens with two attached hydrogens (primary N) is 2. The molecule has 0 spiro atoms. The van der Waals surface area contributed by atoms with E-state index in [1.807, 2.05) is 6.07 Å². The number of anilines is 2. The van der Waals surface area contributed by atoms with E-state index in [2.05, 4.69) is 4.98 Å². The number of rotatable bonds is 0. The van der Waals surface area contributed by atoms with Crippen molar-refractivity contribution in [2.45, 2.75) is 0 Å². The highest BCUT2D eigenvalue weighted by atomic mass is 35.5. The zero-order valence-corrected chi connectivity index (χ0v) is 7.71. The minimum absolute atomic E-state index is 0. The van der Waals surface area contributed by atoms with Crippen molar-refractivity contribution in [3.05, 3.63) is 30.6 Å². The lowest BCUT2D eigenvalue weighted by Gasteiger charge is -2.02. The number of pyridine rings is 1. The number of nitrogens with zero attached hydrogens (tertiary/aromatic N) is 1. The van der Waals surface area contributed by atoms with E-state index in [9.17, 15) is 0 Å². The highest BCUT2D eigenvalue weighted by Gasteiger charge is 1.99. The lowest BCUT2D eigenvalue weighted by atomic mass is 10.1. The van der Waals surface area contributed by atoms with Crippen molar-refractivity contribution in [2.24, 2.45) is 0 Å². The van der Waals surface area contributed by atoms with E-state index in [1.165, 1.54) is 0 Å². The maximum absolute atomic E-state index is 5.74. The summed E-state index contributed by atoms with van der Waals surface area (Å²) >= 11 is 0. The van der Waals surface area contributed by atoms with Crippen molar-refractivity contribution in [1.29, 1.82) is 0 Å². The maximum Gasteiger partial charge on any atom is 0.0410 e. The van der Waals surface area contributed by atoms with Gasteiger partial charge in [0.1, 0.15) is 0 Å². The van der Waals surface area contributed by atoms with Crippen LogP contribution in [0.25, 0.3) is 10.8 Å². The van der Waals surface area contributed by atoms with Crippen LogP contribution in [0.15, 0.2) is 30.6 Å². The van der Waals surface area contributed by atoms with Crippen LogP contribution in [0.2, 0.25) is 0 Å². The molecule has 0 unspecified atom stereocenters. The molecular weight excluding hydrogens is 186 g/mol. The third kappa shape index (κ3) is 1.51. The van der Waals surface area contributed by atoms with Crippen LogP contribution in [-0.2, 0) is 0 Å². The third-order valence-corrected chi connectivity index (χ3v) is 1.89. The first kappa shape index (κ1) is 9.61. The van der Waals surface area contributed by atoms with Gasteiger partial charge in [-0.25, -0.2) is 0 Å². The number of halogens is 1. The lowest BCUT2D eigenvalue weighted by molar-refractivity contribution is 1.36. The van der Waals surface area contributed by atoms with Gasteiger partial charge in [0.2, 0.25) is 0 Å². The van der Waals surface area contributed by atoms with E-state index < -0.39 is 0 Å². The Labute approximate surface area is 82.2 Å². The lowest BCUT2D eigenvalue weighted by Crippen LogP contribution is -1.92. The number of nitrogen functional groups attached to an aromatic ring is 2. The van der Waals surface area contributed by atoms with Gasteiger partial charge in [0.05, 0.1) is 0 Å². The predicted octanol–water partition coefficient (Wildman–Crippen LogP) is 1.82. The maximum atomic E-state index is 5.74. The molecule has 0 aliphatic heterocycles. The van der Waals surface area contributed by atoms with Gasteiger partial charge in [0, 0.05) is 34.5 Å². The molecule has 1 heterocycles. The van der Waals surface area contributed by atoms with E-state index >= 15 is 0 Å². The summed E-state index contributed by atoms with van der Waals surface area (Å²) < 4.78 is 0. The Morgan fingerprint density at radius 3 is 2.15 bits per heavy atom. The minimum Gasteiger partial charge on any atom is -0.398 e. The monoisotopic (exact) mass is 195 g/mol. The second-order valence-corrected chi connectivity index (χ2v) is 2.67. The second-order valence-electron chi connectivity index (χ2n) is 2.67. The number of hydrogen-bond acceptors (Lipinski definition) is 3. The largest absolute Gasteiger partial charge is 0.398 e. The molecule has 1 aromatic heterocycles. The summed E-state index contributed by atoms with van der Waals surface area (Å²) in [6.45, 7) is 0. The minimum atomic E-state index is 0. The van der Waals surface area contributed by atoms with E-state index in [1.54, 1.807) is 24.5 Å². The molecule has 2 rings (SSSR count). The van der Waals surface area contributed by atoms with Crippen molar-refractivity contribution >= 4 is 34.6 Å². The van der Waals surface area contributed by atoms with E-state index in [-0.39, 0.29) is 12.4 Å².